The third-order valence-corrected chi connectivity index (χ3v) is 4.36. The number of hydrogen-bond donors (Lipinski definition) is 1. The molecule has 1 aromatic rings. The monoisotopic (exact) mass is 307 g/mol. The third kappa shape index (κ3) is 3.68. The number of halogens is 1. The van der Waals surface area contributed by atoms with Crippen molar-refractivity contribution in [1.29, 1.82) is 0 Å². The molecule has 1 aromatic carbocycles. The van der Waals surface area contributed by atoms with Crippen LogP contribution in [0.15, 0.2) is 24.3 Å². The van der Waals surface area contributed by atoms with E-state index in [1.165, 1.54) is 12.1 Å². The number of carbonyl (C=O) groups is 1. The number of ether oxygens (including phenoxy) is 1. The Morgan fingerprint density at radius 1 is 1.27 bits per heavy atom. The Morgan fingerprint density at radius 3 is 2.77 bits per heavy atom. The number of urea groups is 1. The largest absolute Gasteiger partial charge is 0.492 e. The fourth-order valence-corrected chi connectivity index (χ4v) is 3.14. The lowest BCUT2D eigenvalue weighted by Crippen LogP contribution is -2.46. The van der Waals surface area contributed by atoms with Crippen LogP contribution >= 0.6 is 0 Å². The van der Waals surface area contributed by atoms with Crippen LogP contribution in [0.2, 0.25) is 0 Å². The predicted octanol–water partition coefficient (Wildman–Crippen LogP) is 1.69. The van der Waals surface area contributed by atoms with Crippen molar-refractivity contribution in [2.45, 2.75) is 18.9 Å². The highest BCUT2D eigenvalue weighted by Gasteiger charge is 2.30. The molecular formula is C16H22FN3O2. The molecule has 0 aromatic heterocycles. The van der Waals surface area contributed by atoms with Gasteiger partial charge in [0.1, 0.15) is 18.2 Å². The molecule has 6 heteroatoms. The molecular weight excluding hydrogens is 285 g/mol. The topological polar surface area (TPSA) is 44.8 Å². The van der Waals surface area contributed by atoms with Crippen LogP contribution in [-0.2, 0) is 0 Å². The summed E-state index contributed by atoms with van der Waals surface area (Å²) in [4.78, 5) is 16.0. The number of nitrogens with zero attached hydrogens (tertiary/aromatic N) is 2. The molecule has 22 heavy (non-hydrogen) atoms. The molecule has 2 aliphatic heterocycles. The van der Waals surface area contributed by atoms with Gasteiger partial charge in [0.15, 0.2) is 0 Å². The van der Waals surface area contributed by atoms with Gasteiger partial charge >= 0.3 is 6.03 Å². The maximum Gasteiger partial charge on any atom is 0.317 e. The SMILES string of the molecule is O=C1NCCN1C1CCN(CCOc2cccc(F)c2)CC1. The summed E-state index contributed by atoms with van der Waals surface area (Å²) in [5.74, 6) is 0.297. The second kappa shape index (κ2) is 6.96. The van der Waals surface area contributed by atoms with E-state index in [2.05, 4.69) is 10.2 Å². The van der Waals surface area contributed by atoms with Crippen molar-refractivity contribution < 1.29 is 13.9 Å². The Labute approximate surface area is 130 Å². The van der Waals surface area contributed by atoms with Crippen molar-refractivity contribution in [3.8, 4) is 5.75 Å². The van der Waals surface area contributed by atoms with Crippen molar-refractivity contribution in [2.75, 3.05) is 39.3 Å². The smallest absolute Gasteiger partial charge is 0.317 e. The van der Waals surface area contributed by atoms with E-state index in [9.17, 15) is 9.18 Å². The van der Waals surface area contributed by atoms with Crippen LogP contribution in [0.25, 0.3) is 0 Å². The van der Waals surface area contributed by atoms with E-state index in [-0.39, 0.29) is 11.8 Å². The van der Waals surface area contributed by atoms with Gasteiger partial charge in [-0.3, -0.25) is 4.90 Å². The lowest BCUT2D eigenvalue weighted by Gasteiger charge is -2.36. The lowest BCUT2D eigenvalue weighted by atomic mass is 10.0. The van der Waals surface area contributed by atoms with Gasteiger partial charge in [0, 0.05) is 44.8 Å². The molecule has 0 aliphatic carbocycles. The number of benzene rings is 1. The van der Waals surface area contributed by atoms with Crippen molar-refractivity contribution in [3.63, 3.8) is 0 Å². The summed E-state index contributed by atoms with van der Waals surface area (Å²) in [6, 6.07) is 6.67. The van der Waals surface area contributed by atoms with E-state index >= 15 is 0 Å². The molecule has 2 heterocycles. The van der Waals surface area contributed by atoms with Crippen LogP contribution in [0.1, 0.15) is 12.8 Å². The molecule has 2 aliphatic rings. The summed E-state index contributed by atoms with van der Waals surface area (Å²) < 4.78 is 18.6. The zero-order valence-corrected chi connectivity index (χ0v) is 12.6. The van der Waals surface area contributed by atoms with Gasteiger partial charge in [-0.1, -0.05) is 6.07 Å². The first-order valence-corrected chi connectivity index (χ1v) is 7.87. The number of piperidine rings is 1. The molecule has 1 N–H and O–H groups in total. The molecule has 120 valence electrons. The van der Waals surface area contributed by atoms with Gasteiger partial charge in [0.25, 0.3) is 0 Å². The highest BCUT2D eigenvalue weighted by atomic mass is 19.1. The van der Waals surface area contributed by atoms with Gasteiger partial charge in [-0.2, -0.15) is 0 Å². The van der Waals surface area contributed by atoms with Crippen molar-refractivity contribution in [3.05, 3.63) is 30.1 Å². The van der Waals surface area contributed by atoms with Gasteiger partial charge < -0.3 is 15.0 Å². The number of hydrogen-bond acceptors (Lipinski definition) is 3. The first-order chi connectivity index (χ1) is 10.7. The van der Waals surface area contributed by atoms with Gasteiger partial charge in [0.2, 0.25) is 0 Å². The first-order valence-electron chi connectivity index (χ1n) is 7.87. The summed E-state index contributed by atoms with van der Waals surface area (Å²) in [5, 5.41) is 2.86. The molecule has 2 saturated heterocycles. The predicted molar refractivity (Wildman–Crippen MR) is 81.5 cm³/mol. The minimum absolute atomic E-state index is 0.0767. The van der Waals surface area contributed by atoms with Crippen LogP contribution in [0.3, 0.4) is 0 Å². The molecule has 0 bridgehead atoms. The van der Waals surface area contributed by atoms with E-state index in [0.29, 0.717) is 18.4 Å². The molecule has 3 rings (SSSR count). The highest BCUT2D eigenvalue weighted by Crippen LogP contribution is 2.18. The van der Waals surface area contributed by atoms with Gasteiger partial charge in [0.05, 0.1) is 0 Å². The molecule has 2 amide bonds. The molecule has 0 spiro atoms. The summed E-state index contributed by atoms with van der Waals surface area (Å²) in [6.07, 6.45) is 2.01. The number of rotatable bonds is 5. The lowest BCUT2D eigenvalue weighted by molar-refractivity contribution is 0.123. The molecule has 2 fully saturated rings. The van der Waals surface area contributed by atoms with Crippen molar-refractivity contribution >= 4 is 6.03 Å². The van der Waals surface area contributed by atoms with Crippen LogP contribution in [0, 0.1) is 5.82 Å². The fraction of sp³-hybridized carbons (Fsp3) is 0.562. The summed E-state index contributed by atoms with van der Waals surface area (Å²) in [7, 11) is 0. The van der Waals surface area contributed by atoms with Crippen LogP contribution < -0.4 is 10.1 Å². The Kier molecular flexibility index (Phi) is 4.77. The molecule has 0 unspecified atom stereocenters. The van der Waals surface area contributed by atoms with E-state index < -0.39 is 0 Å². The van der Waals surface area contributed by atoms with Gasteiger partial charge in [-0.05, 0) is 25.0 Å². The maximum absolute atomic E-state index is 13.0. The van der Waals surface area contributed by atoms with E-state index in [0.717, 1.165) is 45.6 Å². The molecule has 5 nitrogen and oxygen atoms in total. The summed E-state index contributed by atoms with van der Waals surface area (Å²) in [6.45, 7) is 4.92. The standard InChI is InChI=1S/C16H22FN3O2/c17-13-2-1-3-15(12-13)22-11-10-19-7-4-14(5-8-19)20-9-6-18-16(20)21/h1-3,12,14H,4-11H2,(H,18,21). The molecule has 0 saturated carbocycles. The maximum atomic E-state index is 13.0. The zero-order valence-electron chi connectivity index (χ0n) is 12.6. The Morgan fingerprint density at radius 2 is 2.09 bits per heavy atom. The second-order valence-corrected chi connectivity index (χ2v) is 5.80. The average Bonchev–Trinajstić information content (AvgIpc) is 2.94. The quantitative estimate of drug-likeness (QED) is 0.900. The van der Waals surface area contributed by atoms with Crippen LogP contribution in [0.4, 0.5) is 9.18 Å². The van der Waals surface area contributed by atoms with Crippen molar-refractivity contribution in [2.24, 2.45) is 0 Å². The Bertz CT molecular complexity index is 518. The zero-order chi connectivity index (χ0) is 15.4. The third-order valence-electron chi connectivity index (χ3n) is 4.36. The summed E-state index contributed by atoms with van der Waals surface area (Å²) in [5.41, 5.74) is 0. The number of amides is 2. The number of carbonyl (C=O) groups excluding carboxylic acids is 1. The van der Waals surface area contributed by atoms with E-state index in [4.69, 9.17) is 4.74 Å². The van der Waals surface area contributed by atoms with Crippen molar-refractivity contribution in [1.82, 2.24) is 15.1 Å². The average molecular weight is 307 g/mol. The van der Waals surface area contributed by atoms with E-state index in [1.807, 2.05) is 4.90 Å². The minimum atomic E-state index is -0.276. The normalized spacial score (nSPS) is 20.2. The van der Waals surface area contributed by atoms with Crippen LogP contribution in [-0.4, -0.2) is 61.2 Å². The summed E-state index contributed by atoms with van der Waals surface area (Å²) >= 11 is 0. The molecule has 0 atom stereocenters. The second-order valence-electron chi connectivity index (χ2n) is 5.80. The fourth-order valence-electron chi connectivity index (χ4n) is 3.14. The van der Waals surface area contributed by atoms with Crippen LogP contribution in [0.5, 0.6) is 5.75 Å². The Balaban J connectivity index is 1.38. The number of likely N-dealkylation sites (tertiary alicyclic amines) is 1. The van der Waals surface area contributed by atoms with Gasteiger partial charge in [-0.15, -0.1) is 0 Å². The van der Waals surface area contributed by atoms with E-state index in [1.54, 1.807) is 12.1 Å². The first kappa shape index (κ1) is 15.1. The minimum Gasteiger partial charge on any atom is -0.492 e. The van der Waals surface area contributed by atoms with Gasteiger partial charge in [-0.25, -0.2) is 9.18 Å². The molecule has 0 radical (unpaired) electrons. The highest BCUT2D eigenvalue weighted by molar-refractivity contribution is 5.76. The Hall–Kier alpha value is -1.82. The number of nitrogens with one attached hydrogen (secondary N) is 1.